The van der Waals surface area contributed by atoms with Crippen molar-refractivity contribution in [1.29, 1.82) is 0 Å². The summed E-state index contributed by atoms with van der Waals surface area (Å²) in [6.45, 7) is 1.64. The first-order valence-electron chi connectivity index (χ1n) is 5.20. The van der Waals surface area contributed by atoms with E-state index in [1.165, 1.54) is 11.3 Å². The highest BCUT2D eigenvalue weighted by Crippen LogP contribution is 2.33. The minimum Gasteiger partial charge on any atom is -0.383 e. The van der Waals surface area contributed by atoms with Gasteiger partial charge in [0, 0.05) is 4.88 Å². The lowest BCUT2D eigenvalue weighted by Gasteiger charge is -2.21. The quantitative estimate of drug-likeness (QED) is 0.912. The molecule has 2 aromatic rings. The molecule has 0 bridgehead atoms. The van der Waals surface area contributed by atoms with Crippen LogP contribution in [0.2, 0.25) is 0 Å². The standard InChI is InChI=1S/C10H10F3N3OS2/c1-9(17,6-3-2-4-18-6)5-14-8-16-15-7(19-8)10(11,12)13/h2-4,17H,5H2,1H3,(H,14,16). The molecule has 0 amide bonds. The molecule has 2 aromatic heterocycles. The molecule has 4 nitrogen and oxygen atoms in total. The molecule has 0 radical (unpaired) electrons. The van der Waals surface area contributed by atoms with Crippen molar-refractivity contribution in [3.8, 4) is 0 Å². The molecule has 0 aromatic carbocycles. The summed E-state index contributed by atoms with van der Waals surface area (Å²) in [5, 5.41) is 20.1. The number of alkyl halides is 3. The molecule has 2 heterocycles. The van der Waals surface area contributed by atoms with Crippen molar-refractivity contribution in [3.63, 3.8) is 0 Å². The summed E-state index contributed by atoms with van der Waals surface area (Å²) in [6, 6.07) is 3.55. The molecule has 0 saturated heterocycles. The Kier molecular flexibility index (Phi) is 3.79. The van der Waals surface area contributed by atoms with Gasteiger partial charge in [-0.2, -0.15) is 13.2 Å². The van der Waals surface area contributed by atoms with Gasteiger partial charge in [-0.05, 0) is 18.4 Å². The molecule has 0 aliphatic heterocycles. The second kappa shape index (κ2) is 5.06. The van der Waals surface area contributed by atoms with E-state index in [0.717, 1.165) is 4.88 Å². The molecular weight excluding hydrogens is 299 g/mol. The number of aliphatic hydroxyl groups is 1. The normalized spacial score (nSPS) is 15.2. The van der Waals surface area contributed by atoms with Crippen LogP contribution >= 0.6 is 22.7 Å². The predicted molar refractivity (Wildman–Crippen MR) is 67.3 cm³/mol. The van der Waals surface area contributed by atoms with Gasteiger partial charge in [0.2, 0.25) is 10.1 Å². The molecule has 0 spiro atoms. The third-order valence-corrected chi connectivity index (χ3v) is 4.35. The van der Waals surface area contributed by atoms with Crippen LogP contribution in [0, 0.1) is 0 Å². The van der Waals surface area contributed by atoms with Crippen LogP contribution in [0.25, 0.3) is 0 Å². The third kappa shape index (κ3) is 3.43. The zero-order chi connectivity index (χ0) is 14.1. The zero-order valence-corrected chi connectivity index (χ0v) is 11.4. The average Bonchev–Trinajstić information content (AvgIpc) is 2.97. The average molecular weight is 309 g/mol. The fourth-order valence-electron chi connectivity index (χ4n) is 1.33. The summed E-state index contributed by atoms with van der Waals surface area (Å²) < 4.78 is 37.0. The van der Waals surface area contributed by atoms with E-state index in [9.17, 15) is 18.3 Å². The number of aromatic nitrogens is 2. The van der Waals surface area contributed by atoms with Gasteiger partial charge in [0.25, 0.3) is 0 Å². The van der Waals surface area contributed by atoms with Crippen molar-refractivity contribution in [2.45, 2.75) is 18.7 Å². The van der Waals surface area contributed by atoms with Crippen LogP contribution < -0.4 is 5.32 Å². The summed E-state index contributed by atoms with van der Waals surface area (Å²) in [5.74, 6) is 0. The van der Waals surface area contributed by atoms with E-state index in [2.05, 4.69) is 15.5 Å². The summed E-state index contributed by atoms with van der Waals surface area (Å²) in [5.41, 5.74) is -1.17. The van der Waals surface area contributed by atoms with Crippen LogP contribution in [0.1, 0.15) is 16.8 Å². The van der Waals surface area contributed by atoms with Gasteiger partial charge in [0.15, 0.2) is 0 Å². The Morgan fingerprint density at radius 3 is 2.63 bits per heavy atom. The molecule has 0 aliphatic rings. The minimum atomic E-state index is -4.49. The summed E-state index contributed by atoms with van der Waals surface area (Å²) in [6.07, 6.45) is -4.49. The van der Waals surface area contributed by atoms with Gasteiger partial charge in [-0.1, -0.05) is 17.4 Å². The number of hydrogen-bond acceptors (Lipinski definition) is 6. The molecule has 1 atom stereocenters. The van der Waals surface area contributed by atoms with E-state index < -0.39 is 16.8 Å². The van der Waals surface area contributed by atoms with Gasteiger partial charge in [-0.25, -0.2) is 0 Å². The number of anilines is 1. The van der Waals surface area contributed by atoms with Crippen LogP contribution in [-0.2, 0) is 11.8 Å². The van der Waals surface area contributed by atoms with Gasteiger partial charge in [0.05, 0.1) is 6.54 Å². The maximum Gasteiger partial charge on any atom is 0.445 e. The van der Waals surface area contributed by atoms with E-state index in [0.29, 0.717) is 11.3 Å². The van der Waals surface area contributed by atoms with Gasteiger partial charge >= 0.3 is 6.18 Å². The van der Waals surface area contributed by atoms with Crippen molar-refractivity contribution < 1.29 is 18.3 Å². The van der Waals surface area contributed by atoms with Crippen LogP contribution in [0.4, 0.5) is 18.3 Å². The fraction of sp³-hybridized carbons (Fsp3) is 0.400. The zero-order valence-electron chi connectivity index (χ0n) is 9.73. The van der Waals surface area contributed by atoms with Crippen molar-refractivity contribution in [3.05, 3.63) is 27.4 Å². The van der Waals surface area contributed by atoms with Gasteiger partial charge in [-0.3, -0.25) is 0 Å². The molecule has 19 heavy (non-hydrogen) atoms. The molecule has 1 unspecified atom stereocenters. The van der Waals surface area contributed by atoms with Crippen molar-refractivity contribution in [1.82, 2.24) is 10.2 Å². The molecule has 104 valence electrons. The van der Waals surface area contributed by atoms with E-state index in [-0.39, 0.29) is 11.7 Å². The Labute approximate surface area is 114 Å². The molecule has 2 rings (SSSR count). The molecule has 9 heteroatoms. The number of thiophene rings is 1. The lowest BCUT2D eigenvalue weighted by Crippen LogP contribution is -2.29. The van der Waals surface area contributed by atoms with Gasteiger partial charge in [-0.15, -0.1) is 21.5 Å². The fourth-order valence-corrected chi connectivity index (χ4v) is 2.72. The Bertz CT molecular complexity index is 536. The Balaban J connectivity index is 2.01. The third-order valence-electron chi connectivity index (χ3n) is 2.30. The SMILES string of the molecule is CC(O)(CNc1nnc(C(F)(F)F)s1)c1cccs1. The number of nitrogens with one attached hydrogen (secondary N) is 1. The molecule has 0 saturated carbocycles. The number of rotatable bonds is 4. The summed E-state index contributed by atoms with van der Waals surface area (Å²) in [7, 11) is 0. The van der Waals surface area contributed by atoms with Crippen molar-refractivity contribution in [2.75, 3.05) is 11.9 Å². The number of nitrogens with zero attached hydrogens (tertiary/aromatic N) is 2. The predicted octanol–water partition coefficient (Wildman–Crippen LogP) is 2.94. The first-order chi connectivity index (χ1) is 8.79. The van der Waals surface area contributed by atoms with Crippen LogP contribution in [0.3, 0.4) is 0 Å². The first kappa shape index (κ1) is 14.2. The maximum atomic E-state index is 12.3. The van der Waals surface area contributed by atoms with Gasteiger partial charge < -0.3 is 10.4 Å². The van der Waals surface area contributed by atoms with Crippen molar-refractivity contribution in [2.24, 2.45) is 0 Å². The first-order valence-corrected chi connectivity index (χ1v) is 6.89. The van der Waals surface area contributed by atoms with Crippen LogP contribution in [0.5, 0.6) is 0 Å². The molecule has 0 aliphatic carbocycles. The second-order valence-electron chi connectivity index (χ2n) is 4.01. The van der Waals surface area contributed by atoms with Crippen LogP contribution in [0.15, 0.2) is 17.5 Å². The second-order valence-corrected chi connectivity index (χ2v) is 5.94. The van der Waals surface area contributed by atoms with Gasteiger partial charge in [0.1, 0.15) is 5.60 Å². The lowest BCUT2D eigenvalue weighted by molar-refractivity contribution is -0.138. The smallest absolute Gasteiger partial charge is 0.383 e. The number of hydrogen-bond donors (Lipinski definition) is 2. The highest BCUT2D eigenvalue weighted by Gasteiger charge is 2.36. The van der Waals surface area contributed by atoms with E-state index in [4.69, 9.17) is 0 Å². The minimum absolute atomic E-state index is 0.0316. The summed E-state index contributed by atoms with van der Waals surface area (Å²) >= 11 is 1.78. The topological polar surface area (TPSA) is 58.0 Å². The lowest BCUT2D eigenvalue weighted by atomic mass is 10.1. The Morgan fingerprint density at radius 2 is 2.11 bits per heavy atom. The van der Waals surface area contributed by atoms with E-state index >= 15 is 0 Å². The highest BCUT2D eigenvalue weighted by molar-refractivity contribution is 7.15. The molecule has 0 fully saturated rings. The maximum absolute atomic E-state index is 12.3. The number of halogens is 3. The Hall–Kier alpha value is -1.19. The molecule has 2 N–H and O–H groups in total. The van der Waals surface area contributed by atoms with Crippen molar-refractivity contribution >= 4 is 27.8 Å². The van der Waals surface area contributed by atoms with E-state index in [1.54, 1.807) is 19.1 Å². The summed E-state index contributed by atoms with van der Waals surface area (Å²) in [4.78, 5) is 0.723. The Morgan fingerprint density at radius 1 is 1.37 bits per heavy atom. The monoisotopic (exact) mass is 309 g/mol. The van der Waals surface area contributed by atoms with Crippen LogP contribution in [-0.4, -0.2) is 21.8 Å². The largest absolute Gasteiger partial charge is 0.445 e. The van der Waals surface area contributed by atoms with E-state index in [1.807, 2.05) is 5.38 Å². The molecular formula is C10H10F3N3OS2. The highest BCUT2D eigenvalue weighted by atomic mass is 32.1.